The molecule has 0 aliphatic carbocycles. The average molecular weight is 198 g/mol. The summed E-state index contributed by atoms with van der Waals surface area (Å²) in [7, 11) is -2.56. The molecule has 0 amide bonds. The van der Waals surface area contributed by atoms with Crippen LogP contribution in [0.1, 0.15) is 12.0 Å². The number of rotatable bonds is 4. The number of hydrogen-bond donors (Lipinski definition) is 2. The molecule has 71 valence electrons. The van der Waals surface area contributed by atoms with E-state index in [1.165, 1.54) is 5.56 Å². The Morgan fingerprint density at radius 1 is 1.23 bits per heavy atom. The molecule has 4 heteroatoms. The summed E-state index contributed by atoms with van der Waals surface area (Å²) in [6, 6.07) is 7.28. The summed E-state index contributed by atoms with van der Waals surface area (Å²) in [5.74, 6) is 0. The molecular weight excluding hydrogens is 186 g/mol. The van der Waals surface area contributed by atoms with Gasteiger partial charge in [0, 0.05) is 5.69 Å². The second-order valence-corrected chi connectivity index (χ2v) is 3.41. The molecule has 1 aromatic rings. The van der Waals surface area contributed by atoms with Gasteiger partial charge in [-0.05, 0) is 30.5 Å². The molecule has 1 aromatic carbocycles. The Morgan fingerprint density at radius 2 is 1.85 bits per heavy atom. The molecular formula is C9H12NO2S. The third kappa shape index (κ3) is 3.46. The molecule has 0 fully saturated rings. The minimum absolute atomic E-state index is 0.601. The zero-order chi connectivity index (χ0) is 9.68. The summed E-state index contributed by atoms with van der Waals surface area (Å²) in [6.45, 7) is 3.74. The molecule has 0 aromatic heterocycles. The van der Waals surface area contributed by atoms with Gasteiger partial charge in [-0.15, -0.1) is 0 Å². The summed E-state index contributed by atoms with van der Waals surface area (Å²) in [4.78, 5) is 0. The molecule has 0 aliphatic heterocycles. The van der Waals surface area contributed by atoms with E-state index in [-0.39, 0.29) is 0 Å². The minimum atomic E-state index is -2.56. The topological polar surface area (TPSA) is 46.2 Å². The van der Waals surface area contributed by atoms with Crippen molar-refractivity contribution in [3.63, 3.8) is 0 Å². The summed E-state index contributed by atoms with van der Waals surface area (Å²) in [5, 5.41) is 0. The monoisotopic (exact) mass is 198 g/mol. The van der Waals surface area contributed by atoms with Gasteiger partial charge >= 0.3 is 0 Å². The normalized spacial score (nSPS) is 10.3. The van der Waals surface area contributed by atoms with Crippen LogP contribution in [0.15, 0.2) is 24.3 Å². The fourth-order valence-corrected chi connectivity index (χ4v) is 1.42. The number of anilines is 1. The molecule has 1 N–H and O–H groups in total. The smallest absolute Gasteiger partial charge is 0.222 e. The standard InChI is InChI=1S/C9H12NO2S/c1-2-3-8-4-6-9(7-5-8)10-13(11)12/h4-7,13H,1-3H2,(H,10,11,12). The van der Waals surface area contributed by atoms with Crippen LogP contribution in [0.5, 0.6) is 0 Å². The molecule has 0 saturated heterocycles. The lowest BCUT2D eigenvalue weighted by atomic mass is 10.1. The third-order valence-corrected chi connectivity index (χ3v) is 2.08. The van der Waals surface area contributed by atoms with E-state index in [4.69, 9.17) is 0 Å². The Bertz CT molecular complexity index is 322. The highest BCUT2D eigenvalue weighted by Gasteiger charge is 1.93. The minimum Gasteiger partial charge on any atom is -0.286 e. The highest BCUT2D eigenvalue weighted by Crippen LogP contribution is 2.10. The van der Waals surface area contributed by atoms with Gasteiger partial charge in [0.05, 0.1) is 0 Å². The SMILES string of the molecule is [CH2]CCc1ccc(N[SH](=O)=O)cc1. The molecule has 0 bridgehead atoms. The molecule has 0 saturated carbocycles. The second kappa shape index (κ2) is 4.87. The van der Waals surface area contributed by atoms with Crippen molar-refractivity contribution in [2.45, 2.75) is 12.8 Å². The van der Waals surface area contributed by atoms with Gasteiger partial charge in [0.25, 0.3) is 0 Å². The lowest BCUT2D eigenvalue weighted by Gasteiger charge is -2.00. The maximum Gasteiger partial charge on any atom is 0.222 e. The van der Waals surface area contributed by atoms with E-state index < -0.39 is 10.9 Å². The molecule has 3 nitrogen and oxygen atoms in total. The average Bonchev–Trinajstić information content (AvgIpc) is 2.08. The molecule has 0 unspecified atom stereocenters. The van der Waals surface area contributed by atoms with E-state index >= 15 is 0 Å². The first-order chi connectivity index (χ1) is 6.22. The van der Waals surface area contributed by atoms with Crippen LogP contribution in [0.2, 0.25) is 0 Å². The van der Waals surface area contributed by atoms with Crippen LogP contribution in [-0.2, 0) is 17.3 Å². The van der Waals surface area contributed by atoms with Crippen LogP contribution >= 0.6 is 0 Å². The second-order valence-electron chi connectivity index (χ2n) is 2.67. The fraction of sp³-hybridized carbons (Fsp3) is 0.222. The van der Waals surface area contributed by atoms with Crippen molar-refractivity contribution in [2.24, 2.45) is 0 Å². The van der Waals surface area contributed by atoms with Crippen LogP contribution in [0.25, 0.3) is 0 Å². The van der Waals surface area contributed by atoms with Gasteiger partial charge in [-0.25, -0.2) is 8.42 Å². The fourth-order valence-electron chi connectivity index (χ4n) is 1.06. The quantitative estimate of drug-likeness (QED) is 0.718. The predicted molar refractivity (Wildman–Crippen MR) is 54.1 cm³/mol. The maximum atomic E-state index is 10.3. The lowest BCUT2D eigenvalue weighted by Crippen LogP contribution is -1.94. The summed E-state index contributed by atoms with van der Waals surface area (Å²) in [6.07, 6.45) is 1.77. The highest BCUT2D eigenvalue weighted by molar-refractivity contribution is 7.73. The number of hydrogen-bond acceptors (Lipinski definition) is 2. The molecule has 0 heterocycles. The Labute approximate surface area is 79.9 Å². The van der Waals surface area contributed by atoms with E-state index in [0.29, 0.717) is 5.69 Å². The van der Waals surface area contributed by atoms with Crippen molar-refractivity contribution in [1.29, 1.82) is 0 Å². The molecule has 0 spiro atoms. The van der Waals surface area contributed by atoms with E-state index in [2.05, 4.69) is 11.6 Å². The lowest BCUT2D eigenvalue weighted by molar-refractivity contribution is 0.619. The summed E-state index contributed by atoms with van der Waals surface area (Å²) < 4.78 is 22.9. The van der Waals surface area contributed by atoms with Gasteiger partial charge in [0.1, 0.15) is 0 Å². The van der Waals surface area contributed by atoms with E-state index in [1.54, 1.807) is 12.1 Å². The Balaban J connectivity index is 2.69. The van der Waals surface area contributed by atoms with Gasteiger partial charge in [0.15, 0.2) is 0 Å². The van der Waals surface area contributed by atoms with Crippen molar-refractivity contribution in [1.82, 2.24) is 0 Å². The Morgan fingerprint density at radius 3 is 2.31 bits per heavy atom. The van der Waals surface area contributed by atoms with Gasteiger partial charge in [-0.1, -0.05) is 19.1 Å². The van der Waals surface area contributed by atoms with Gasteiger partial charge < -0.3 is 0 Å². The predicted octanol–water partition coefficient (Wildman–Crippen LogP) is 1.39. The molecule has 1 radical (unpaired) electrons. The van der Waals surface area contributed by atoms with Gasteiger partial charge in [0.2, 0.25) is 10.9 Å². The maximum absolute atomic E-state index is 10.3. The van der Waals surface area contributed by atoms with Crippen molar-refractivity contribution in [3.05, 3.63) is 36.8 Å². The number of aryl methyl sites for hydroxylation is 1. The van der Waals surface area contributed by atoms with Crippen LogP contribution in [-0.4, -0.2) is 8.42 Å². The Hall–Kier alpha value is -1.03. The highest BCUT2D eigenvalue weighted by atomic mass is 32.2. The molecule has 13 heavy (non-hydrogen) atoms. The van der Waals surface area contributed by atoms with E-state index in [1.807, 2.05) is 12.1 Å². The van der Waals surface area contributed by atoms with Crippen LogP contribution < -0.4 is 4.72 Å². The van der Waals surface area contributed by atoms with E-state index in [0.717, 1.165) is 12.8 Å². The van der Waals surface area contributed by atoms with E-state index in [9.17, 15) is 8.42 Å². The first-order valence-electron chi connectivity index (χ1n) is 4.01. The van der Waals surface area contributed by atoms with Crippen molar-refractivity contribution in [2.75, 3.05) is 4.72 Å². The van der Waals surface area contributed by atoms with Crippen molar-refractivity contribution in [3.8, 4) is 0 Å². The van der Waals surface area contributed by atoms with Gasteiger partial charge in [-0.3, -0.25) is 4.72 Å². The van der Waals surface area contributed by atoms with Crippen molar-refractivity contribution >= 4 is 16.6 Å². The third-order valence-electron chi connectivity index (χ3n) is 1.64. The summed E-state index contributed by atoms with van der Waals surface area (Å²) in [5.41, 5.74) is 1.77. The largest absolute Gasteiger partial charge is 0.286 e. The van der Waals surface area contributed by atoms with Gasteiger partial charge in [-0.2, -0.15) is 0 Å². The van der Waals surface area contributed by atoms with Crippen molar-refractivity contribution < 1.29 is 8.42 Å². The summed E-state index contributed by atoms with van der Waals surface area (Å²) >= 11 is 0. The number of nitrogens with one attached hydrogen (secondary N) is 1. The molecule has 1 rings (SSSR count). The van der Waals surface area contributed by atoms with Crippen LogP contribution in [0, 0.1) is 6.92 Å². The zero-order valence-corrected chi connectivity index (χ0v) is 8.09. The Kier molecular flexibility index (Phi) is 3.76. The first kappa shape index (κ1) is 10.1. The number of benzene rings is 1. The number of thiol groups is 1. The zero-order valence-electron chi connectivity index (χ0n) is 7.19. The molecule has 0 atom stereocenters. The van der Waals surface area contributed by atoms with Crippen LogP contribution in [0.3, 0.4) is 0 Å². The first-order valence-corrected chi connectivity index (χ1v) is 5.19. The molecule has 0 aliphatic rings. The van der Waals surface area contributed by atoms with Crippen LogP contribution in [0.4, 0.5) is 5.69 Å².